The van der Waals surface area contributed by atoms with Crippen molar-refractivity contribution >= 4 is 40.3 Å². The molecule has 0 aliphatic carbocycles. The van der Waals surface area contributed by atoms with Gasteiger partial charge in [-0.05, 0) is 47.9 Å². The first-order valence-corrected chi connectivity index (χ1v) is 8.79. The molecule has 1 N–H and O–H groups in total. The van der Waals surface area contributed by atoms with Gasteiger partial charge in [0.15, 0.2) is 5.78 Å². The summed E-state index contributed by atoms with van der Waals surface area (Å²) in [6.07, 6.45) is 5.99. The number of rotatable bonds is 4. The fourth-order valence-corrected chi connectivity index (χ4v) is 3.36. The molecule has 0 spiro atoms. The van der Waals surface area contributed by atoms with Crippen LogP contribution in [0.2, 0.25) is 0 Å². The van der Waals surface area contributed by atoms with Crippen LogP contribution in [0.15, 0.2) is 40.3 Å². The van der Waals surface area contributed by atoms with Crippen molar-refractivity contribution in [1.29, 1.82) is 0 Å². The van der Waals surface area contributed by atoms with Crippen molar-refractivity contribution in [2.45, 2.75) is 19.4 Å². The van der Waals surface area contributed by atoms with Gasteiger partial charge in [0.05, 0.1) is 9.20 Å². The lowest BCUT2D eigenvalue weighted by molar-refractivity contribution is -0.120. The minimum absolute atomic E-state index is 0.202. The molecule has 0 amide bonds. The molecular weight excluding hydrogens is 368 g/mol. The van der Waals surface area contributed by atoms with Crippen molar-refractivity contribution in [1.82, 2.24) is 30.1 Å². The predicted octanol–water partition coefficient (Wildman–Crippen LogP) is 0.178. The van der Waals surface area contributed by atoms with Crippen molar-refractivity contribution in [3.05, 3.63) is 56.0 Å². The first-order valence-electron chi connectivity index (χ1n) is 7.98. The molecule has 4 aromatic rings. The maximum absolute atomic E-state index is 12.6. The molecule has 0 aliphatic rings. The third-order valence-corrected chi connectivity index (χ3v) is 5.08. The average molecular weight is 382 g/mol. The smallest absolute Gasteiger partial charge is 0.266 e. The number of hydrogen-bond acceptors (Lipinski definition) is 8. The molecule has 4 rings (SSSR count). The van der Waals surface area contributed by atoms with Gasteiger partial charge < -0.3 is 4.98 Å². The number of H-pyrrole nitrogens is 1. The second-order valence-electron chi connectivity index (χ2n) is 6.35. The van der Waals surface area contributed by atoms with Gasteiger partial charge in [-0.25, -0.2) is 14.3 Å². The van der Waals surface area contributed by atoms with Crippen molar-refractivity contribution in [3.63, 3.8) is 0 Å². The van der Waals surface area contributed by atoms with Gasteiger partial charge in [-0.15, -0.1) is 11.3 Å². The molecule has 9 nitrogen and oxygen atoms in total. The number of aromatic nitrogens is 6. The first-order chi connectivity index (χ1) is 12.9. The number of thiazole rings is 1. The summed E-state index contributed by atoms with van der Waals surface area (Å²) in [6.45, 7) is 3.47. The molecule has 136 valence electrons. The van der Waals surface area contributed by atoms with E-state index >= 15 is 0 Å². The van der Waals surface area contributed by atoms with Crippen LogP contribution < -0.4 is 14.8 Å². The summed E-state index contributed by atoms with van der Waals surface area (Å²) in [6, 6.07) is 5.35. The number of aromatic amines is 1. The molecule has 0 radical (unpaired) electrons. The first kappa shape index (κ1) is 17.0. The van der Waals surface area contributed by atoms with E-state index in [-0.39, 0.29) is 11.3 Å². The number of carbonyl (C=O) groups is 1. The minimum atomic E-state index is -0.910. The van der Waals surface area contributed by atoms with Crippen LogP contribution in [0, 0.1) is 0 Å². The monoisotopic (exact) mass is 382 g/mol. The Morgan fingerprint density at radius 2 is 2.11 bits per heavy atom. The Balaban J connectivity index is 1.71. The lowest BCUT2D eigenvalue weighted by Crippen LogP contribution is -2.36. The second kappa shape index (κ2) is 6.40. The van der Waals surface area contributed by atoms with E-state index in [1.54, 1.807) is 32.1 Å². The number of ketones is 1. The van der Waals surface area contributed by atoms with Crippen LogP contribution in [0.5, 0.6) is 0 Å². The Labute approximate surface area is 155 Å². The number of fused-ring (bicyclic) bond motifs is 1. The van der Waals surface area contributed by atoms with E-state index in [1.807, 2.05) is 6.07 Å². The highest BCUT2D eigenvalue weighted by Crippen LogP contribution is 2.15. The fourth-order valence-electron chi connectivity index (χ4n) is 2.47. The summed E-state index contributed by atoms with van der Waals surface area (Å²) < 4.78 is 7.09. The zero-order valence-electron chi connectivity index (χ0n) is 14.4. The summed E-state index contributed by atoms with van der Waals surface area (Å²) in [7, 11) is 0. The number of Topliss-reactive ketones (excluding diaryl/α,β-unsaturated/α-hetero) is 1. The van der Waals surface area contributed by atoms with Crippen LogP contribution in [0.4, 0.5) is 0 Å². The quantitative estimate of drug-likeness (QED) is 0.534. The minimum Gasteiger partial charge on any atom is -0.313 e. The van der Waals surface area contributed by atoms with Gasteiger partial charge in [-0.3, -0.25) is 9.59 Å². The van der Waals surface area contributed by atoms with Crippen LogP contribution in [0.3, 0.4) is 0 Å². The van der Waals surface area contributed by atoms with Gasteiger partial charge >= 0.3 is 0 Å². The molecule has 0 saturated heterocycles. The third-order valence-electron chi connectivity index (χ3n) is 4.11. The largest absolute Gasteiger partial charge is 0.313 e. The molecular formula is C17H14N6O3S. The van der Waals surface area contributed by atoms with Gasteiger partial charge in [-0.1, -0.05) is 6.07 Å². The maximum atomic E-state index is 12.6. The van der Waals surface area contributed by atoms with E-state index in [2.05, 4.69) is 30.0 Å². The summed E-state index contributed by atoms with van der Waals surface area (Å²) >= 11 is 1.20. The Bertz CT molecular complexity index is 1300. The summed E-state index contributed by atoms with van der Waals surface area (Å²) in [5, 5.41) is 11.6. The van der Waals surface area contributed by atoms with Crippen LogP contribution >= 0.6 is 11.3 Å². The Morgan fingerprint density at radius 3 is 2.89 bits per heavy atom. The van der Waals surface area contributed by atoms with Crippen molar-refractivity contribution in [3.8, 4) is 0 Å². The predicted molar refractivity (Wildman–Crippen MR) is 98.4 cm³/mol. The van der Waals surface area contributed by atoms with Crippen molar-refractivity contribution in [2.75, 3.05) is 0 Å². The number of carbonyl (C=O) groups excluding carboxylic acids is 1. The molecule has 0 unspecified atom stereocenters. The normalized spacial score (nSPS) is 13.6. The van der Waals surface area contributed by atoms with E-state index in [9.17, 15) is 9.59 Å². The molecule has 3 aromatic heterocycles. The summed E-state index contributed by atoms with van der Waals surface area (Å²) in [5.74, 6) is -0.202. The molecule has 0 bridgehead atoms. The van der Waals surface area contributed by atoms with Crippen LogP contribution in [-0.2, 0) is 10.3 Å². The van der Waals surface area contributed by atoms with Gasteiger partial charge in [0, 0.05) is 6.08 Å². The summed E-state index contributed by atoms with van der Waals surface area (Å²) in [5.41, 5.74) is 0.851. The van der Waals surface area contributed by atoms with E-state index in [1.165, 1.54) is 34.7 Å². The highest BCUT2D eigenvalue weighted by atomic mass is 32.1. The van der Waals surface area contributed by atoms with E-state index in [0.717, 1.165) is 5.56 Å². The van der Waals surface area contributed by atoms with Gasteiger partial charge in [-0.2, -0.15) is 5.10 Å². The molecule has 10 heteroatoms. The van der Waals surface area contributed by atoms with Crippen LogP contribution in [0.25, 0.3) is 23.2 Å². The van der Waals surface area contributed by atoms with Crippen molar-refractivity contribution in [2.24, 2.45) is 0 Å². The SMILES string of the molecule is CC(C)(C(=O)/C=c1\[nH]c(=O)/c(=C/c2ccc3nonc3c2)s1)n1cncn1. The molecule has 1 aromatic carbocycles. The molecule has 0 aliphatic heterocycles. The third kappa shape index (κ3) is 3.22. The highest BCUT2D eigenvalue weighted by molar-refractivity contribution is 7.07. The van der Waals surface area contributed by atoms with Crippen molar-refractivity contribution < 1.29 is 9.42 Å². The number of nitrogens with zero attached hydrogens (tertiary/aromatic N) is 5. The van der Waals surface area contributed by atoms with E-state index in [0.29, 0.717) is 20.2 Å². The molecule has 0 fully saturated rings. The number of hydrogen-bond donors (Lipinski definition) is 1. The second-order valence-corrected chi connectivity index (χ2v) is 7.43. The summed E-state index contributed by atoms with van der Waals surface area (Å²) in [4.78, 5) is 31.4. The number of benzene rings is 1. The highest BCUT2D eigenvalue weighted by Gasteiger charge is 2.28. The van der Waals surface area contributed by atoms with Crippen LogP contribution in [-0.4, -0.2) is 35.8 Å². The zero-order valence-corrected chi connectivity index (χ0v) is 15.2. The topological polar surface area (TPSA) is 120 Å². The fraction of sp³-hybridized carbons (Fsp3) is 0.176. The van der Waals surface area contributed by atoms with E-state index < -0.39 is 5.54 Å². The van der Waals surface area contributed by atoms with E-state index in [4.69, 9.17) is 0 Å². The van der Waals surface area contributed by atoms with Gasteiger partial charge in [0.2, 0.25) is 0 Å². The molecule has 0 atom stereocenters. The molecule has 3 heterocycles. The van der Waals surface area contributed by atoms with Crippen LogP contribution in [0.1, 0.15) is 19.4 Å². The Hall–Kier alpha value is -3.40. The van der Waals surface area contributed by atoms with Gasteiger partial charge in [0.1, 0.15) is 29.2 Å². The van der Waals surface area contributed by atoms with Gasteiger partial charge in [0.25, 0.3) is 5.56 Å². The average Bonchev–Trinajstić information content (AvgIpc) is 3.36. The Morgan fingerprint density at radius 1 is 1.30 bits per heavy atom. The maximum Gasteiger partial charge on any atom is 0.266 e. The number of nitrogens with one attached hydrogen (secondary N) is 1. The lowest BCUT2D eigenvalue weighted by Gasteiger charge is -2.20. The lowest BCUT2D eigenvalue weighted by atomic mass is 10.00. The molecule has 0 saturated carbocycles. The zero-order chi connectivity index (χ0) is 19.0. The standard InChI is InChI=1S/C17H14N6O3S/c1-17(2,23-9-18-8-19-23)14(24)7-15-20-16(25)13(27-15)6-10-3-4-11-12(5-10)22-26-21-11/h3-9H,1-2H3,(H,20,25)/b13-6-,15-7+. The Kier molecular flexibility index (Phi) is 4.04. The molecule has 27 heavy (non-hydrogen) atoms.